The van der Waals surface area contributed by atoms with E-state index in [1.165, 1.54) is 32.4 Å². The lowest BCUT2D eigenvalue weighted by molar-refractivity contribution is -0.123. The first kappa shape index (κ1) is 16.5. The molecule has 1 aliphatic carbocycles. The van der Waals surface area contributed by atoms with Crippen molar-refractivity contribution in [2.45, 2.75) is 69.9 Å². The van der Waals surface area contributed by atoms with Crippen molar-refractivity contribution >= 4 is 27.5 Å². The van der Waals surface area contributed by atoms with Gasteiger partial charge in [-0.15, -0.1) is 0 Å². The van der Waals surface area contributed by atoms with E-state index in [0.29, 0.717) is 6.04 Å². The van der Waals surface area contributed by atoms with Gasteiger partial charge in [0.25, 0.3) is 0 Å². The third-order valence-electron chi connectivity index (χ3n) is 6.27. The molecule has 0 bridgehead atoms. The van der Waals surface area contributed by atoms with Gasteiger partial charge in [0, 0.05) is 22.3 Å². The minimum atomic E-state index is -0.521. The molecule has 0 atom stereocenters. The van der Waals surface area contributed by atoms with Crippen LogP contribution in [0.2, 0.25) is 0 Å². The van der Waals surface area contributed by atoms with E-state index in [2.05, 4.69) is 38.8 Å². The molecule has 24 heavy (non-hydrogen) atoms. The number of pyridine rings is 1. The maximum absolute atomic E-state index is 13.1. The number of hydrogen-bond acceptors (Lipinski definition) is 3. The van der Waals surface area contributed by atoms with E-state index < -0.39 is 5.41 Å². The number of piperidine rings is 1. The molecule has 3 aliphatic rings. The van der Waals surface area contributed by atoms with Crippen LogP contribution in [0, 0.1) is 0 Å². The second-order valence-corrected chi connectivity index (χ2v) is 9.34. The molecule has 1 aromatic rings. The lowest BCUT2D eigenvalue weighted by Crippen LogP contribution is -2.64. The maximum Gasteiger partial charge on any atom is 0.239 e. The standard InChI is InChI=1S/C19H26BrN3O/c1-18(2)16-15(9-13(20)12-21-16)23(17(18)24)14-10-19(3,11-14)22-7-5-4-6-8-22/h9,12,14H,4-8,10-11H2,1-3H3/t14-,19+. The molecule has 130 valence electrons. The van der Waals surface area contributed by atoms with Crippen molar-refractivity contribution in [3.63, 3.8) is 0 Å². The lowest BCUT2D eigenvalue weighted by atomic mass is 9.71. The molecule has 1 amide bonds. The molecule has 4 rings (SSSR count). The van der Waals surface area contributed by atoms with E-state index in [9.17, 15) is 4.79 Å². The largest absolute Gasteiger partial charge is 0.307 e. The summed E-state index contributed by atoms with van der Waals surface area (Å²) in [5.74, 6) is 0.203. The second-order valence-electron chi connectivity index (χ2n) is 8.43. The predicted molar refractivity (Wildman–Crippen MR) is 99.3 cm³/mol. The smallest absolute Gasteiger partial charge is 0.239 e. The highest BCUT2D eigenvalue weighted by Gasteiger charge is 2.54. The van der Waals surface area contributed by atoms with Gasteiger partial charge in [0.2, 0.25) is 5.91 Å². The molecule has 2 aliphatic heterocycles. The Bertz CT molecular complexity index is 675. The van der Waals surface area contributed by atoms with Gasteiger partial charge in [0.15, 0.2) is 0 Å². The Kier molecular flexibility index (Phi) is 3.81. The maximum atomic E-state index is 13.1. The molecule has 3 heterocycles. The van der Waals surface area contributed by atoms with Gasteiger partial charge >= 0.3 is 0 Å². The molecule has 1 saturated carbocycles. The second kappa shape index (κ2) is 5.53. The zero-order valence-corrected chi connectivity index (χ0v) is 16.4. The van der Waals surface area contributed by atoms with E-state index in [4.69, 9.17) is 0 Å². The summed E-state index contributed by atoms with van der Waals surface area (Å²) < 4.78 is 0.940. The van der Waals surface area contributed by atoms with Crippen LogP contribution in [0.15, 0.2) is 16.7 Å². The van der Waals surface area contributed by atoms with Gasteiger partial charge in [-0.25, -0.2) is 0 Å². The molecule has 5 heteroatoms. The van der Waals surface area contributed by atoms with Gasteiger partial charge in [-0.05, 0) is 81.5 Å². The summed E-state index contributed by atoms with van der Waals surface area (Å²) in [6, 6.07) is 2.37. The summed E-state index contributed by atoms with van der Waals surface area (Å²) in [6.07, 6.45) is 7.94. The van der Waals surface area contributed by atoms with Crippen LogP contribution in [0.1, 0.15) is 58.6 Å². The molecule has 4 nitrogen and oxygen atoms in total. The van der Waals surface area contributed by atoms with E-state index >= 15 is 0 Å². The minimum Gasteiger partial charge on any atom is -0.307 e. The van der Waals surface area contributed by atoms with Gasteiger partial charge in [-0.3, -0.25) is 14.7 Å². The Labute approximate surface area is 152 Å². The SMILES string of the molecule is CC1(C)C(=O)N([C@H]2C[C@@](C)(N3CCCCC3)C2)c2cc(Br)cnc21. The predicted octanol–water partition coefficient (Wildman–Crippen LogP) is 3.88. The fourth-order valence-electron chi connectivity index (χ4n) is 4.80. The molecular weight excluding hydrogens is 366 g/mol. The number of anilines is 1. The molecule has 2 fully saturated rings. The molecule has 0 unspecified atom stereocenters. The third-order valence-corrected chi connectivity index (χ3v) is 6.71. The Hall–Kier alpha value is -0.940. The van der Waals surface area contributed by atoms with Crippen LogP contribution in [-0.4, -0.2) is 40.5 Å². The zero-order valence-electron chi connectivity index (χ0n) is 14.8. The fraction of sp³-hybridized carbons (Fsp3) is 0.684. The van der Waals surface area contributed by atoms with Crippen LogP contribution >= 0.6 is 15.9 Å². The van der Waals surface area contributed by atoms with Crippen LogP contribution in [0.5, 0.6) is 0 Å². The van der Waals surface area contributed by atoms with E-state index in [1.807, 2.05) is 18.7 Å². The summed E-state index contributed by atoms with van der Waals surface area (Å²) in [4.78, 5) is 22.3. The van der Waals surface area contributed by atoms with Crippen molar-refractivity contribution in [3.05, 3.63) is 22.4 Å². The summed E-state index contributed by atoms with van der Waals surface area (Å²) in [5.41, 5.74) is 1.66. The van der Waals surface area contributed by atoms with Gasteiger partial charge in [0.05, 0.1) is 16.8 Å². The van der Waals surface area contributed by atoms with E-state index in [0.717, 1.165) is 28.7 Å². The highest BCUT2D eigenvalue weighted by atomic mass is 79.9. The lowest BCUT2D eigenvalue weighted by Gasteiger charge is -2.55. The van der Waals surface area contributed by atoms with Crippen molar-refractivity contribution in [3.8, 4) is 0 Å². The third kappa shape index (κ3) is 2.35. The number of carbonyl (C=O) groups excluding carboxylic acids is 1. The number of carbonyl (C=O) groups is 1. The molecule has 0 spiro atoms. The summed E-state index contributed by atoms with van der Waals surface area (Å²) in [5, 5.41) is 0. The van der Waals surface area contributed by atoms with Crippen molar-refractivity contribution in [2.24, 2.45) is 0 Å². The Morgan fingerprint density at radius 3 is 2.50 bits per heavy atom. The first-order valence-electron chi connectivity index (χ1n) is 9.08. The number of likely N-dealkylation sites (tertiary alicyclic amines) is 1. The number of hydrogen-bond donors (Lipinski definition) is 0. The van der Waals surface area contributed by atoms with Crippen molar-refractivity contribution < 1.29 is 4.79 Å². The number of nitrogens with zero attached hydrogens (tertiary/aromatic N) is 3. The Balaban J connectivity index is 1.58. The molecule has 0 radical (unpaired) electrons. The van der Waals surface area contributed by atoms with Crippen molar-refractivity contribution in [1.29, 1.82) is 0 Å². The Morgan fingerprint density at radius 2 is 1.83 bits per heavy atom. The topological polar surface area (TPSA) is 36.4 Å². The van der Waals surface area contributed by atoms with Crippen molar-refractivity contribution in [1.82, 2.24) is 9.88 Å². The van der Waals surface area contributed by atoms with Gasteiger partial charge in [-0.1, -0.05) is 6.42 Å². The summed E-state index contributed by atoms with van der Waals surface area (Å²) >= 11 is 3.52. The van der Waals surface area contributed by atoms with Crippen LogP contribution in [0.3, 0.4) is 0 Å². The quantitative estimate of drug-likeness (QED) is 0.767. The van der Waals surface area contributed by atoms with Gasteiger partial charge in [-0.2, -0.15) is 0 Å². The van der Waals surface area contributed by atoms with Crippen LogP contribution in [0.25, 0.3) is 0 Å². The molecule has 0 N–H and O–H groups in total. The van der Waals surface area contributed by atoms with Crippen LogP contribution < -0.4 is 4.90 Å². The average Bonchev–Trinajstić information content (AvgIpc) is 2.72. The molecule has 1 saturated heterocycles. The highest BCUT2D eigenvalue weighted by molar-refractivity contribution is 9.10. The van der Waals surface area contributed by atoms with E-state index in [-0.39, 0.29) is 11.4 Å². The minimum absolute atomic E-state index is 0.203. The normalized spacial score (nSPS) is 32.6. The average molecular weight is 392 g/mol. The van der Waals surface area contributed by atoms with Gasteiger partial charge in [0.1, 0.15) is 0 Å². The molecular formula is C19H26BrN3O. The first-order valence-corrected chi connectivity index (χ1v) is 9.87. The number of aromatic nitrogens is 1. The monoisotopic (exact) mass is 391 g/mol. The van der Waals surface area contributed by atoms with Crippen LogP contribution in [0.4, 0.5) is 5.69 Å². The summed E-state index contributed by atoms with van der Waals surface area (Å²) in [7, 11) is 0. The fourth-order valence-corrected chi connectivity index (χ4v) is 5.12. The summed E-state index contributed by atoms with van der Waals surface area (Å²) in [6.45, 7) is 8.80. The molecule has 1 aromatic heterocycles. The number of fused-ring (bicyclic) bond motifs is 1. The van der Waals surface area contributed by atoms with Crippen LogP contribution in [-0.2, 0) is 10.2 Å². The zero-order chi connectivity index (χ0) is 17.1. The highest BCUT2D eigenvalue weighted by Crippen LogP contribution is 2.49. The number of halogens is 1. The Morgan fingerprint density at radius 1 is 1.17 bits per heavy atom. The van der Waals surface area contributed by atoms with E-state index in [1.54, 1.807) is 6.20 Å². The number of amides is 1. The van der Waals surface area contributed by atoms with Gasteiger partial charge < -0.3 is 4.90 Å². The van der Waals surface area contributed by atoms with Crippen molar-refractivity contribution in [2.75, 3.05) is 18.0 Å². The number of rotatable bonds is 2. The molecule has 0 aromatic carbocycles. The first-order chi connectivity index (χ1) is 11.3.